The number of rotatable bonds is 3. The molecule has 0 saturated carbocycles. The lowest BCUT2D eigenvalue weighted by Crippen LogP contribution is -2.25. The van der Waals surface area contributed by atoms with Gasteiger partial charge in [-0.25, -0.2) is 4.39 Å². The molecule has 0 saturated heterocycles. The van der Waals surface area contributed by atoms with Crippen molar-refractivity contribution in [1.29, 1.82) is 0 Å². The normalized spacial score (nSPS) is 15.7. The fraction of sp³-hybridized carbons (Fsp3) is 0.400. The summed E-state index contributed by atoms with van der Waals surface area (Å²) >= 11 is 0. The van der Waals surface area contributed by atoms with E-state index >= 15 is 0 Å². The van der Waals surface area contributed by atoms with Gasteiger partial charge in [0.05, 0.1) is 12.2 Å². The molecule has 7 heteroatoms. The average molecular weight is 254 g/mol. The molecule has 2 atom stereocenters. The van der Waals surface area contributed by atoms with Crippen LogP contribution in [0.25, 0.3) is 0 Å². The second-order valence-electron chi connectivity index (χ2n) is 3.39. The molecular formula is C10H10F4O3. The molecule has 17 heavy (non-hydrogen) atoms. The smallest absolute Gasteiger partial charge is 0.394 e. The highest BCUT2D eigenvalue weighted by molar-refractivity contribution is 5.33. The number of aliphatic hydroxyl groups excluding tert-OH is 3. The third-order valence-corrected chi connectivity index (χ3v) is 2.21. The summed E-state index contributed by atoms with van der Waals surface area (Å²) in [5.41, 5.74) is -2.45. The van der Waals surface area contributed by atoms with Crippen molar-refractivity contribution in [2.75, 3.05) is 6.61 Å². The maximum absolute atomic E-state index is 13.3. The van der Waals surface area contributed by atoms with Crippen molar-refractivity contribution in [3.63, 3.8) is 0 Å². The summed E-state index contributed by atoms with van der Waals surface area (Å²) in [6.07, 6.45) is -8.88. The molecule has 1 rings (SSSR count). The summed E-state index contributed by atoms with van der Waals surface area (Å²) in [5.74, 6) is -1.29. The molecule has 2 unspecified atom stereocenters. The highest BCUT2D eigenvalue weighted by Crippen LogP contribution is 2.36. The Morgan fingerprint density at radius 3 is 2.24 bits per heavy atom. The molecule has 0 heterocycles. The molecule has 0 amide bonds. The second kappa shape index (κ2) is 4.99. The Bertz CT molecular complexity index is 392. The van der Waals surface area contributed by atoms with E-state index in [0.29, 0.717) is 6.07 Å². The SMILES string of the molecule is OCC(O)C(O)c1c(F)cccc1C(F)(F)F. The Labute approximate surface area is 93.9 Å². The summed E-state index contributed by atoms with van der Waals surface area (Å²) in [6.45, 7) is -0.979. The number of hydrogen-bond donors (Lipinski definition) is 3. The van der Waals surface area contributed by atoms with Crippen molar-refractivity contribution in [2.24, 2.45) is 0 Å². The van der Waals surface area contributed by atoms with Gasteiger partial charge in [0, 0.05) is 5.56 Å². The van der Waals surface area contributed by atoms with Crippen LogP contribution in [0, 0.1) is 5.82 Å². The zero-order chi connectivity index (χ0) is 13.2. The lowest BCUT2D eigenvalue weighted by molar-refractivity contribution is -0.140. The number of halogens is 4. The lowest BCUT2D eigenvalue weighted by Gasteiger charge is -2.21. The summed E-state index contributed by atoms with van der Waals surface area (Å²) in [5, 5.41) is 27.0. The van der Waals surface area contributed by atoms with Crippen LogP contribution in [0.1, 0.15) is 17.2 Å². The molecule has 3 N–H and O–H groups in total. The van der Waals surface area contributed by atoms with Crippen molar-refractivity contribution in [3.8, 4) is 0 Å². The van der Waals surface area contributed by atoms with E-state index in [1.54, 1.807) is 0 Å². The molecule has 0 fully saturated rings. The molecule has 0 aliphatic carbocycles. The van der Waals surface area contributed by atoms with Gasteiger partial charge in [-0.05, 0) is 12.1 Å². The van der Waals surface area contributed by atoms with Crippen LogP contribution >= 0.6 is 0 Å². The molecule has 1 aromatic rings. The van der Waals surface area contributed by atoms with Crippen LogP contribution in [0.4, 0.5) is 17.6 Å². The molecule has 0 radical (unpaired) electrons. The first-order chi connectivity index (χ1) is 7.79. The second-order valence-corrected chi connectivity index (χ2v) is 3.39. The summed E-state index contributed by atoms with van der Waals surface area (Å²) < 4.78 is 50.9. The fourth-order valence-electron chi connectivity index (χ4n) is 1.38. The standard InChI is InChI=1S/C10H10F4O3/c11-6-3-1-2-5(10(12,13)14)8(6)9(17)7(16)4-15/h1-3,7,9,15-17H,4H2. The van der Waals surface area contributed by atoms with Gasteiger partial charge < -0.3 is 15.3 Å². The third-order valence-electron chi connectivity index (χ3n) is 2.21. The minimum atomic E-state index is -4.85. The molecule has 0 bridgehead atoms. The molecule has 3 nitrogen and oxygen atoms in total. The van der Waals surface area contributed by atoms with E-state index in [9.17, 15) is 22.7 Å². The first kappa shape index (κ1) is 13.9. The summed E-state index contributed by atoms with van der Waals surface area (Å²) in [4.78, 5) is 0. The van der Waals surface area contributed by atoms with Crippen molar-refractivity contribution >= 4 is 0 Å². The van der Waals surface area contributed by atoms with Crippen molar-refractivity contribution in [3.05, 3.63) is 35.1 Å². The molecule has 0 aliphatic heterocycles. The van der Waals surface area contributed by atoms with Crippen LogP contribution in [0.2, 0.25) is 0 Å². The predicted octanol–water partition coefficient (Wildman–Crippen LogP) is 1.23. The number of aliphatic hydroxyl groups is 3. The van der Waals surface area contributed by atoms with Gasteiger partial charge in [-0.2, -0.15) is 13.2 Å². The van der Waals surface area contributed by atoms with Gasteiger partial charge in [-0.3, -0.25) is 0 Å². The Balaban J connectivity index is 3.30. The Morgan fingerprint density at radius 1 is 1.18 bits per heavy atom. The Morgan fingerprint density at radius 2 is 1.76 bits per heavy atom. The summed E-state index contributed by atoms with van der Waals surface area (Å²) in [6, 6.07) is 2.17. The molecule has 1 aromatic carbocycles. The molecule has 0 aromatic heterocycles. The first-order valence-electron chi connectivity index (χ1n) is 4.61. The topological polar surface area (TPSA) is 60.7 Å². The average Bonchev–Trinajstić information content (AvgIpc) is 2.25. The van der Waals surface area contributed by atoms with Gasteiger partial charge in [0.25, 0.3) is 0 Å². The molecular weight excluding hydrogens is 244 g/mol. The molecule has 96 valence electrons. The molecule has 0 aliphatic rings. The van der Waals surface area contributed by atoms with E-state index in [1.807, 2.05) is 0 Å². The van der Waals surface area contributed by atoms with E-state index in [0.717, 1.165) is 12.1 Å². The van der Waals surface area contributed by atoms with Gasteiger partial charge in [0.2, 0.25) is 0 Å². The highest BCUT2D eigenvalue weighted by Gasteiger charge is 2.37. The van der Waals surface area contributed by atoms with Crippen molar-refractivity contribution in [1.82, 2.24) is 0 Å². The highest BCUT2D eigenvalue weighted by atomic mass is 19.4. The first-order valence-corrected chi connectivity index (χ1v) is 4.61. The fourth-order valence-corrected chi connectivity index (χ4v) is 1.38. The van der Waals surface area contributed by atoms with E-state index < -0.39 is 41.9 Å². The Hall–Kier alpha value is -1.18. The maximum atomic E-state index is 13.3. The lowest BCUT2D eigenvalue weighted by atomic mass is 9.98. The number of benzene rings is 1. The van der Waals surface area contributed by atoms with Crippen LogP contribution in [-0.2, 0) is 6.18 Å². The van der Waals surface area contributed by atoms with Crippen LogP contribution < -0.4 is 0 Å². The minimum Gasteiger partial charge on any atom is -0.394 e. The van der Waals surface area contributed by atoms with Crippen LogP contribution in [0.5, 0.6) is 0 Å². The van der Waals surface area contributed by atoms with Gasteiger partial charge in [0.15, 0.2) is 0 Å². The zero-order valence-corrected chi connectivity index (χ0v) is 8.45. The van der Waals surface area contributed by atoms with E-state index in [4.69, 9.17) is 10.2 Å². The van der Waals surface area contributed by atoms with Gasteiger partial charge in [-0.1, -0.05) is 6.07 Å². The molecule has 0 spiro atoms. The van der Waals surface area contributed by atoms with Crippen molar-refractivity contribution < 1.29 is 32.9 Å². The minimum absolute atomic E-state index is 0.589. The van der Waals surface area contributed by atoms with Crippen molar-refractivity contribution in [2.45, 2.75) is 18.4 Å². The van der Waals surface area contributed by atoms with Crippen LogP contribution in [-0.4, -0.2) is 28.0 Å². The number of hydrogen-bond acceptors (Lipinski definition) is 3. The van der Waals surface area contributed by atoms with Gasteiger partial charge >= 0.3 is 6.18 Å². The van der Waals surface area contributed by atoms with Gasteiger partial charge in [-0.15, -0.1) is 0 Å². The monoisotopic (exact) mass is 254 g/mol. The van der Waals surface area contributed by atoms with E-state index in [-0.39, 0.29) is 0 Å². The Kier molecular flexibility index (Phi) is 4.07. The van der Waals surface area contributed by atoms with E-state index in [2.05, 4.69) is 0 Å². The third kappa shape index (κ3) is 2.93. The quantitative estimate of drug-likeness (QED) is 0.711. The van der Waals surface area contributed by atoms with E-state index in [1.165, 1.54) is 0 Å². The number of alkyl halides is 3. The predicted molar refractivity (Wildman–Crippen MR) is 49.5 cm³/mol. The van der Waals surface area contributed by atoms with Crippen LogP contribution in [0.15, 0.2) is 18.2 Å². The zero-order valence-electron chi connectivity index (χ0n) is 8.45. The summed E-state index contributed by atoms with van der Waals surface area (Å²) in [7, 11) is 0. The largest absolute Gasteiger partial charge is 0.416 e. The maximum Gasteiger partial charge on any atom is 0.416 e. The van der Waals surface area contributed by atoms with Gasteiger partial charge in [0.1, 0.15) is 18.0 Å². The van der Waals surface area contributed by atoms with Crippen LogP contribution in [0.3, 0.4) is 0 Å².